The molecular formula is C21H17N5O3. The van der Waals surface area contributed by atoms with Crippen LogP contribution < -0.4 is 11.1 Å². The maximum atomic E-state index is 12.0. The van der Waals surface area contributed by atoms with Crippen LogP contribution in [0, 0.1) is 0 Å². The molecule has 4 rings (SSSR count). The summed E-state index contributed by atoms with van der Waals surface area (Å²) in [5.74, 6) is -1.67. The number of rotatable bonds is 5. The van der Waals surface area contributed by atoms with Gasteiger partial charge in [-0.3, -0.25) is 14.5 Å². The van der Waals surface area contributed by atoms with Gasteiger partial charge in [0.2, 0.25) is 0 Å². The Morgan fingerprint density at radius 1 is 1.10 bits per heavy atom. The van der Waals surface area contributed by atoms with Gasteiger partial charge in [0.1, 0.15) is 0 Å². The van der Waals surface area contributed by atoms with Gasteiger partial charge in [-0.05, 0) is 29.8 Å². The molecule has 4 N–H and O–H groups in total. The van der Waals surface area contributed by atoms with Crippen LogP contribution in [0.4, 0.5) is 11.4 Å². The van der Waals surface area contributed by atoms with Crippen molar-refractivity contribution in [2.24, 2.45) is 12.8 Å². The van der Waals surface area contributed by atoms with Gasteiger partial charge in [-0.1, -0.05) is 18.2 Å². The van der Waals surface area contributed by atoms with E-state index in [1.807, 2.05) is 31.4 Å². The normalized spacial score (nSPS) is 10.8. The number of aryl methyl sites for hydroxylation is 1. The SMILES string of the molecule is Cn1cc(-c2ccc3c(Nc4cccc(C(=O)O)c4)c(C(N)=O)cnc3c2)cn1. The molecule has 0 atom stereocenters. The summed E-state index contributed by atoms with van der Waals surface area (Å²) < 4.78 is 1.71. The Hall–Kier alpha value is -4.20. The zero-order valence-electron chi connectivity index (χ0n) is 15.5. The van der Waals surface area contributed by atoms with E-state index in [4.69, 9.17) is 5.73 Å². The molecule has 8 nitrogen and oxygen atoms in total. The molecule has 29 heavy (non-hydrogen) atoms. The number of nitrogens with zero attached hydrogens (tertiary/aromatic N) is 3. The number of carbonyl (C=O) groups excluding carboxylic acids is 1. The maximum Gasteiger partial charge on any atom is 0.335 e. The highest BCUT2D eigenvalue weighted by atomic mass is 16.4. The Balaban J connectivity index is 1.84. The number of aromatic nitrogens is 3. The van der Waals surface area contributed by atoms with Gasteiger partial charge in [-0.15, -0.1) is 0 Å². The Bertz CT molecular complexity index is 1260. The van der Waals surface area contributed by atoms with E-state index in [0.29, 0.717) is 22.3 Å². The lowest BCUT2D eigenvalue weighted by Gasteiger charge is -2.14. The number of amides is 1. The van der Waals surface area contributed by atoms with Gasteiger partial charge in [0.25, 0.3) is 5.91 Å². The van der Waals surface area contributed by atoms with E-state index >= 15 is 0 Å². The molecule has 0 spiro atoms. The highest BCUT2D eigenvalue weighted by molar-refractivity contribution is 6.08. The molecule has 2 aromatic heterocycles. The first-order chi connectivity index (χ1) is 13.9. The van der Waals surface area contributed by atoms with Gasteiger partial charge in [0.05, 0.1) is 28.5 Å². The molecule has 0 bridgehead atoms. The highest BCUT2D eigenvalue weighted by Gasteiger charge is 2.15. The largest absolute Gasteiger partial charge is 0.478 e. The Kier molecular flexibility index (Phi) is 4.44. The first-order valence-electron chi connectivity index (χ1n) is 8.74. The van der Waals surface area contributed by atoms with Crippen LogP contribution in [-0.2, 0) is 7.05 Å². The van der Waals surface area contributed by atoms with E-state index in [1.165, 1.54) is 18.3 Å². The van der Waals surface area contributed by atoms with Crippen molar-refractivity contribution >= 4 is 34.2 Å². The van der Waals surface area contributed by atoms with E-state index in [-0.39, 0.29) is 11.1 Å². The number of fused-ring (bicyclic) bond motifs is 1. The molecule has 1 amide bonds. The van der Waals surface area contributed by atoms with Crippen molar-refractivity contribution in [3.05, 3.63) is 72.2 Å². The predicted molar refractivity (Wildman–Crippen MR) is 109 cm³/mol. The third-order valence-corrected chi connectivity index (χ3v) is 4.55. The second-order valence-electron chi connectivity index (χ2n) is 6.56. The number of carboxylic acids is 1. The Morgan fingerprint density at radius 2 is 1.93 bits per heavy atom. The molecule has 0 radical (unpaired) electrons. The topological polar surface area (TPSA) is 123 Å². The van der Waals surface area contributed by atoms with Crippen LogP contribution >= 0.6 is 0 Å². The number of anilines is 2. The van der Waals surface area contributed by atoms with Crippen molar-refractivity contribution in [2.75, 3.05) is 5.32 Å². The Labute approximate surface area is 165 Å². The van der Waals surface area contributed by atoms with Crippen molar-refractivity contribution < 1.29 is 14.7 Å². The number of pyridine rings is 1. The van der Waals surface area contributed by atoms with Crippen LogP contribution in [0.15, 0.2) is 61.1 Å². The molecular weight excluding hydrogens is 370 g/mol. The molecule has 8 heteroatoms. The molecule has 0 aliphatic rings. The number of nitrogens with two attached hydrogens (primary N) is 1. The van der Waals surface area contributed by atoms with Crippen LogP contribution in [0.3, 0.4) is 0 Å². The molecule has 2 aromatic carbocycles. The summed E-state index contributed by atoms with van der Waals surface area (Å²) in [6.07, 6.45) is 5.08. The standard InChI is InChI=1S/C21H17N5O3/c1-26-11-14(9-24-26)12-5-6-16-18(8-12)23-10-17(20(22)27)19(16)25-15-4-2-3-13(7-15)21(28)29/h2-11H,1H3,(H2,22,27)(H,23,25)(H,28,29). The summed E-state index contributed by atoms with van der Waals surface area (Å²) in [6, 6.07) is 12.0. The molecule has 4 aromatic rings. The second-order valence-corrected chi connectivity index (χ2v) is 6.56. The number of primary amides is 1. The van der Waals surface area contributed by atoms with E-state index in [9.17, 15) is 14.7 Å². The molecule has 0 fully saturated rings. The average Bonchev–Trinajstić information content (AvgIpc) is 3.14. The number of aromatic carboxylic acids is 1. The van der Waals surface area contributed by atoms with Crippen molar-refractivity contribution in [1.82, 2.24) is 14.8 Å². The van der Waals surface area contributed by atoms with Gasteiger partial charge >= 0.3 is 5.97 Å². The summed E-state index contributed by atoms with van der Waals surface area (Å²) in [7, 11) is 1.84. The molecule has 0 saturated carbocycles. The van der Waals surface area contributed by atoms with E-state index in [2.05, 4.69) is 15.4 Å². The highest BCUT2D eigenvalue weighted by Crippen LogP contribution is 2.32. The second kappa shape index (κ2) is 7.08. The molecule has 144 valence electrons. The molecule has 0 aliphatic carbocycles. The number of hydrogen-bond donors (Lipinski definition) is 3. The first kappa shape index (κ1) is 18.2. The lowest BCUT2D eigenvalue weighted by atomic mass is 10.0. The summed E-state index contributed by atoms with van der Waals surface area (Å²) >= 11 is 0. The summed E-state index contributed by atoms with van der Waals surface area (Å²) in [5, 5.41) is 17.2. The molecule has 0 unspecified atom stereocenters. The fourth-order valence-electron chi connectivity index (χ4n) is 3.14. The van der Waals surface area contributed by atoms with E-state index in [1.54, 1.807) is 23.0 Å². The molecule has 2 heterocycles. The minimum atomic E-state index is -1.04. The van der Waals surface area contributed by atoms with Gasteiger partial charge < -0.3 is 16.2 Å². The fraction of sp³-hybridized carbons (Fsp3) is 0.0476. The minimum absolute atomic E-state index is 0.132. The number of benzene rings is 2. The molecule has 0 aliphatic heterocycles. The third-order valence-electron chi connectivity index (χ3n) is 4.55. The van der Waals surface area contributed by atoms with Crippen molar-refractivity contribution in [3.8, 4) is 11.1 Å². The van der Waals surface area contributed by atoms with Crippen LogP contribution in [0.2, 0.25) is 0 Å². The van der Waals surface area contributed by atoms with Crippen LogP contribution in [-0.4, -0.2) is 31.7 Å². The predicted octanol–water partition coefficient (Wildman–Crippen LogP) is 3.18. The molecule has 0 saturated heterocycles. The monoisotopic (exact) mass is 387 g/mol. The summed E-state index contributed by atoms with van der Waals surface area (Å²) in [5.41, 5.74) is 9.42. The van der Waals surface area contributed by atoms with Crippen molar-refractivity contribution in [1.29, 1.82) is 0 Å². The van der Waals surface area contributed by atoms with Gasteiger partial charge in [0, 0.05) is 36.1 Å². The quantitative estimate of drug-likeness (QED) is 0.483. The Morgan fingerprint density at radius 3 is 2.62 bits per heavy atom. The van der Waals surface area contributed by atoms with Gasteiger partial charge in [-0.25, -0.2) is 4.79 Å². The number of carboxylic acid groups (broad SMARTS) is 1. The van der Waals surface area contributed by atoms with Crippen molar-refractivity contribution in [2.45, 2.75) is 0 Å². The third kappa shape index (κ3) is 3.51. The first-order valence-corrected chi connectivity index (χ1v) is 8.74. The van der Waals surface area contributed by atoms with E-state index < -0.39 is 11.9 Å². The average molecular weight is 387 g/mol. The summed E-state index contributed by atoms with van der Waals surface area (Å²) in [4.78, 5) is 27.6. The van der Waals surface area contributed by atoms with Crippen molar-refractivity contribution in [3.63, 3.8) is 0 Å². The smallest absolute Gasteiger partial charge is 0.335 e. The number of nitrogens with one attached hydrogen (secondary N) is 1. The zero-order valence-corrected chi connectivity index (χ0v) is 15.5. The lowest BCUT2D eigenvalue weighted by Crippen LogP contribution is -2.14. The summed E-state index contributed by atoms with van der Waals surface area (Å²) in [6.45, 7) is 0. The van der Waals surface area contributed by atoms with E-state index in [0.717, 1.165) is 11.1 Å². The zero-order chi connectivity index (χ0) is 20.5. The fourth-order valence-corrected chi connectivity index (χ4v) is 3.14. The number of carbonyl (C=O) groups is 2. The van der Waals surface area contributed by atoms with Gasteiger partial charge in [-0.2, -0.15) is 5.10 Å². The van der Waals surface area contributed by atoms with Crippen LogP contribution in [0.25, 0.3) is 22.0 Å². The minimum Gasteiger partial charge on any atom is -0.478 e. The van der Waals surface area contributed by atoms with Crippen LogP contribution in [0.1, 0.15) is 20.7 Å². The maximum absolute atomic E-state index is 12.0. The number of hydrogen-bond acceptors (Lipinski definition) is 5. The van der Waals surface area contributed by atoms with Crippen LogP contribution in [0.5, 0.6) is 0 Å². The lowest BCUT2D eigenvalue weighted by molar-refractivity contribution is 0.0696. The van der Waals surface area contributed by atoms with Gasteiger partial charge in [0.15, 0.2) is 0 Å².